The maximum absolute atomic E-state index is 11.6. The number of ether oxygens (including phenoxy) is 1. The summed E-state index contributed by atoms with van der Waals surface area (Å²) in [6.45, 7) is 4.50. The molecule has 0 spiro atoms. The highest BCUT2D eigenvalue weighted by Crippen LogP contribution is 2.13. The number of likely N-dealkylation sites (N-methyl/N-ethyl adjacent to an activating group) is 1. The van der Waals surface area contributed by atoms with Crippen LogP contribution in [-0.2, 0) is 4.79 Å². The highest BCUT2D eigenvalue weighted by Gasteiger charge is 2.06. The summed E-state index contributed by atoms with van der Waals surface area (Å²) in [6, 6.07) is 7.10. The molecule has 0 aliphatic rings. The van der Waals surface area contributed by atoms with E-state index in [0.29, 0.717) is 25.3 Å². The van der Waals surface area contributed by atoms with Crippen molar-refractivity contribution in [3.05, 3.63) is 36.9 Å². The van der Waals surface area contributed by atoms with Crippen LogP contribution >= 0.6 is 0 Å². The standard InChI is InChI=1S/C13H18N2O2/c1-3-9-15(2)13(16)8-10-17-12-6-4-11(14)5-7-12/h3-7H,1,8-10,14H2,2H3. The highest BCUT2D eigenvalue weighted by atomic mass is 16.5. The summed E-state index contributed by atoms with van der Waals surface area (Å²) in [5.74, 6) is 0.763. The number of anilines is 1. The second kappa shape index (κ2) is 6.58. The molecule has 0 bridgehead atoms. The van der Waals surface area contributed by atoms with E-state index in [2.05, 4.69) is 6.58 Å². The molecule has 4 heteroatoms. The molecule has 0 heterocycles. The van der Waals surface area contributed by atoms with E-state index >= 15 is 0 Å². The number of carbonyl (C=O) groups excluding carboxylic acids is 1. The van der Waals surface area contributed by atoms with Crippen LogP contribution in [0.3, 0.4) is 0 Å². The molecule has 2 N–H and O–H groups in total. The van der Waals surface area contributed by atoms with E-state index in [4.69, 9.17) is 10.5 Å². The van der Waals surface area contributed by atoms with Crippen LogP contribution in [0, 0.1) is 0 Å². The number of nitrogen functional groups attached to an aromatic ring is 1. The lowest BCUT2D eigenvalue weighted by Crippen LogP contribution is -2.27. The number of benzene rings is 1. The predicted molar refractivity (Wildman–Crippen MR) is 68.8 cm³/mol. The molecule has 1 aromatic rings. The van der Waals surface area contributed by atoms with E-state index in [1.807, 2.05) is 0 Å². The Kier molecular flexibility index (Phi) is 5.07. The van der Waals surface area contributed by atoms with Gasteiger partial charge in [0.2, 0.25) is 5.91 Å². The molecule has 92 valence electrons. The van der Waals surface area contributed by atoms with Crippen molar-refractivity contribution < 1.29 is 9.53 Å². The number of amides is 1. The van der Waals surface area contributed by atoms with Crippen molar-refractivity contribution in [2.75, 3.05) is 25.9 Å². The van der Waals surface area contributed by atoms with Gasteiger partial charge in [-0.1, -0.05) is 6.08 Å². The lowest BCUT2D eigenvalue weighted by molar-refractivity contribution is -0.129. The van der Waals surface area contributed by atoms with E-state index in [9.17, 15) is 4.79 Å². The van der Waals surface area contributed by atoms with Crippen LogP contribution in [0.15, 0.2) is 36.9 Å². The Bertz CT molecular complexity index is 374. The Hall–Kier alpha value is -1.97. The average Bonchev–Trinajstić information content (AvgIpc) is 2.32. The summed E-state index contributed by atoms with van der Waals surface area (Å²) >= 11 is 0. The smallest absolute Gasteiger partial charge is 0.226 e. The molecule has 1 amide bonds. The third kappa shape index (κ3) is 4.59. The molecule has 0 saturated carbocycles. The van der Waals surface area contributed by atoms with E-state index < -0.39 is 0 Å². The highest BCUT2D eigenvalue weighted by molar-refractivity contribution is 5.76. The number of nitrogens with zero attached hydrogens (tertiary/aromatic N) is 1. The third-order valence-corrected chi connectivity index (χ3v) is 2.29. The monoisotopic (exact) mass is 234 g/mol. The van der Waals surface area contributed by atoms with Crippen molar-refractivity contribution in [2.24, 2.45) is 0 Å². The van der Waals surface area contributed by atoms with E-state index in [0.717, 1.165) is 5.75 Å². The predicted octanol–water partition coefficient (Wildman–Crippen LogP) is 1.68. The third-order valence-electron chi connectivity index (χ3n) is 2.29. The number of rotatable bonds is 6. The van der Waals surface area contributed by atoms with Crippen molar-refractivity contribution in [1.82, 2.24) is 4.90 Å². The second-order valence-corrected chi connectivity index (χ2v) is 3.73. The molecular formula is C13H18N2O2. The largest absolute Gasteiger partial charge is 0.493 e. The zero-order valence-corrected chi connectivity index (χ0v) is 10.1. The molecule has 0 fully saturated rings. The molecule has 0 radical (unpaired) electrons. The van der Waals surface area contributed by atoms with Crippen LogP contribution in [0.4, 0.5) is 5.69 Å². The molecule has 0 aromatic heterocycles. The van der Waals surface area contributed by atoms with Gasteiger partial charge in [-0.15, -0.1) is 6.58 Å². The van der Waals surface area contributed by atoms with Crippen molar-refractivity contribution in [1.29, 1.82) is 0 Å². The first kappa shape index (κ1) is 13.1. The first-order valence-electron chi connectivity index (χ1n) is 5.46. The van der Waals surface area contributed by atoms with E-state index in [-0.39, 0.29) is 5.91 Å². The fourth-order valence-electron chi connectivity index (χ4n) is 1.31. The maximum atomic E-state index is 11.6. The van der Waals surface area contributed by atoms with Gasteiger partial charge >= 0.3 is 0 Å². The molecule has 0 aliphatic carbocycles. The number of nitrogens with two attached hydrogens (primary N) is 1. The van der Waals surface area contributed by atoms with Crippen molar-refractivity contribution in [3.63, 3.8) is 0 Å². The molecule has 0 aliphatic heterocycles. The summed E-state index contributed by atoms with van der Waals surface area (Å²) in [5, 5.41) is 0. The van der Waals surface area contributed by atoms with Gasteiger partial charge in [0.15, 0.2) is 0 Å². The zero-order chi connectivity index (χ0) is 12.7. The van der Waals surface area contributed by atoms with Gasteiger partial charge in [0, 0.05) is 19.3 Å². The molecular weight excluding hydrogens is 216 g/mol. The number of hydrogen-bond donors (Lipinski definition) is 1. The minimum Gasteiger partial charge on any atom is -0.493 e. The SMILES string of the molecule is C=CCN(C)C(=O)CCOc1ccc(N)cc1. The summed E-state index contributed by atoms with van der Waals surface area (Å²) in [7, 11) is 1.74. The van der Waals surface area contributed by atoms with E-state index in [1.54, 1.807) is 42.3 Å². The average molecular weight is 234 g/mol. The van der Waals surface area contributed by atoms with Crippen molar-refractivity contribution >= 4 is 11.6 Å². The van der Waals surface area contributed by atoms with Gasteiger partial charge in [0.25, 0.3) is 0 Å². The van der Waals surface area contributed by atoms with Gasteiger partial charge in [-0.25, -0.2) is 0 Å². The van der Waals surface area contributed by atoms with Gasteiger partial charge in [-0.3, -0.25) is 4.79 Å². The summed E-state index contributed by atoms with van der Waals surface area (Å²) in [5.41, 5.74) is 6.24. The van der Waals surface area contributed by atoms with Crippen LogP contribution in [0.25, 0.3) is 0 Å². The Morgan fingerprint density at radius 1 is 1.47 bits per heavy atom. The second-order valence-electron chi connectivity index (χ2n) is 3.73. The number of carbonyl (C=O) groups is 1. The summed E-state index contributed by atoms with van der Waals surface area (Å²) < 4.78 is 5.43. The Balaban J connectivity index is 2.30. The van der Waals surface area contributed by atoms with Crippen LogP contribution in [0.2, 0.25) is 0 Å². The first-order valence-corrected chi connectivity index (χ1v) is 5.46. The number of hydrogen-bond acceptors (Lipinski definition) is 3. The van der Waals surface area contributed by atoms with Gasteiger partial charge in [-0.2, -0.15) is 0 Å². The van der Waals surface area contributed by atoms with Gasteiger partial charge in [0.1, 0.15) is 5.75 Å². The van der Waals surface area contributed by atoms with Gasteiger partial charge < -0.3 is 15.4 Å². The minimum absolute atomic E-state index is 0.0420. The Morgan fingerprint density at radius 2 is 2.12 bits per heavy atom. The fourth-order valence-corrected chi connectivity index (χ4v) is 1.31. The normalized spacial score (nSPS) is 9.71. The Labute approximate surface area is 102 Å². The topological polar surface area (TPSA) is 55.6 Å². The molecule has 1 aromatic carbocycles. The van der Waals surface area contributed by atoms with Crippen LogP contribution in [0.1, 0.15) is 6.42 Å². The molecule has 4 nitrogen and oxygen atoms in total. The molecule has 0 unspecified atom stereocenters. The molecule has 0 saturated heterocycles. The van der Waals surface area contributed by atoms with Crippen LogP contribution in [-0.4, -0.2) is 31.0 Å². The minimum atomic E-state index is 0.0420. The maximum Gasteiger partial charge on any atom is 0.226 e. The lowest BCUT2D eigenvalue weighted by atomic mass is 10.3. The van der Waals surface area contributed by atoms with Gasteiger partial charge in [-0.05, 0) is 24.3 Å². The first-order chi connectivity index (χ1) is 8.13. The summed E-state index contributed by atoms with van der Waals surface area (Å²) in [4.78, 5) is 13.2. The van der Waals surface area contributed by atoms with Crippen LogP contribution < -0.4 is 10.5 Å². The van der Waals surface area contributed by atoms with Crippen LogP contribution in [0.5, 0.6) is 5.75 Å². The Morgan fingerprint density at radius 3 is 2.71 bits per heavy atom. The van der Waals surface area contributed by atoms with Crippen molar-refractivity contribution in [2.45, 2.75) is 6.42 Å². The lowest BCUT2D eigenvalue weighted by Gasteiger charge is -2.14. The zero-order valence-electron chi connectivity index (χ0n) is 10.1. The van der Waals surface area contributed by atoms with Gasteiger partial charge in [0.05, 0.1) is 13.0 Å². The van der Waals surface area contributed by atoms with Crippen molar-refractivity contribution in [3.8, 4) is 5.75 Å². The fraction of sp³-hybridized carbons (Fsp3) is 0.308. The quantitative estimate of drug-likeness (QED) is 0.602. The summed E-state index contributed by atoms with van der Waals surface area (Å²) in [6.07, 6.45) is 2.05. The molecule has 0 atom stereocenters. The van der Waals surface area contributed by atoms with E-state index in [1.165, 1.54) is 0 Å². The molecule has 17 heavy (non-hydrogen) atoms. The molecule has 1 rings (SSSR count).